The highest BCUT2D eigenvalue weighted by Crippen LogP contribution is 2.26. The Kier molecular flexibility index (Phi) is 13.6. The Labute approximate surface area is 327 Å². The van der Waals surface area contributed by atoms with Gasteiger partial charge in [-0.1, -0.05) is 36.4 Å². The number of phenolic OH excluding ortho intramolecular Hbond substituents is 8. The second-order valence-electron chi connectivity index (χ2n) is 12.3. The molecule has 8 aromatic rings. The Balaban J connectivity index is 0.000000146. The van der Waals surface area contributed by atoms with Crippen LogP contribution < -0.4 is 4.74 Å². The molecule has 0 bridgehead atoms. The predicted molar refractivity (Wildman–Crippen MR) is 218 cm³/mol. The van der Waals surface area contributed by atoms with Crippen molar-refractivity contribution in [2.45, 2.75) is 0 Å². The maximum atomic E-state index is 11.9. The van der Waals surface area contributed by atoms with E-state index in [1.807, 2.05) is 24.3 Å². The molecule has 0 fully saturated rings. The zero-order valence-electron chi connectivity index (χ0n) is 30.2. The van der Waals surface area contributed by atoms with E-state index in [0.717, 1.165) is 21.9 Å². The molecule has 8 N–H and O–H groups in total. The van der Waals surface area contributed by atoms with Gasteiger partial charge in [-0.15, -0.1) is 0 Å². The van der Waals surface area contributed by atoms with Crippen LogP contribution in [-0.2, 0) is 0 Å². The van der Waals surface area contributed by atoms with Crippen molar-refractivity contribution in [1.29, 1.82) is 0 Å². The fourth-order valence-corrected chi connectivity index (χ4v) is 5.09. The lowest BCUT2D eigenvalue weighted by Crippen LogP contribution is -2.00. The number of phenols is 8. The van der Waals surface area contributed by atoms with Gasteiger partial charge in [-0.05, 0) is 167 Å². The van der Waals surface area contributed by atoms with E-state index in [1.54, 1.807) is 133 Å². The quantitative estimate of drug-likeness (QED) is 0.0784. The van der Waals surface area contributed by atoms with Gasteiger partial charge in [0, 0.05) is 11.1 Å². The predicted octanol–water partition coefficient (Wildman–Crippen LogP) is 10.2. The van der Waals surface area contributed by atoms with Gasteiger partial charge in [0.15, 0.2) is 5.78 Å². The number of ether oxygens (including phenoxy) is 1. The van der Waals surface area contributed by atoms with Crippen LogP contribution in [0.15, 0.2) is 182 Å². The fraction of sp³-hybridized carbons (Fsp3) is 0. The van der Waals surface area contributed by atoms with Crippen LogP contribution in [0.4, 0.5) is 0 Å². The first-order valence-corrected chi connectivity index (χ1v) is 17.3. The van der Waals surface area contributed by atoms with Gasteiger partial charge < -0.3 is 45.6 Å². The summed E-state index contributed by atoms with van der Waals surface area (Å²) in [5, 5.41) is 74.7. The van der Waals surface area contributed by atoms with Crippen molar-refractivity contribution in [1.82, 2.24) is 0 Å². The van der Waals surface area contributed by atoms with Crippen molar-refractivity contribution >= 4 is 16.6 Å². The first kappa shape index (κ1) is 40.1. The first-order chi connectivity index (χ1) is 27.4. The number of hydrogen-bond acceptors (Lipinski definition) is 10. The number of carbonyl (C=O) groups excluding carboxylic acids is 1. The lowest BCUT2D eigenvalue weighted by atomic mass is 10.0. The third-order valence-electron chi connectivity index (χ3n) is 8.04. The highest BCUT2D eigenvalue weighted by atomic mass is 16.5. The number of rotatable bonds is 5. The number of fused-ring (bicyclic) bond motifs is 1. The van der Waals surface area contributed by atoms with Crippen molar-refractivity contribution in [2.75, 3.05) is 0 Å². The number of ketones is 1. The molecule has 10 heteroatoms. The topological polar surface area (TPSA) is 188 Å². The molecule has 0 atom stereocenters. The van der Waals surface area contributed by atoms with E-state index in [0.29, 0.717) is 22.6 Å². The molecule has 0 unspecified atom stereocenters. The SMILES string of the molecule is O=C(c1ccc(O)cc1)c1ccc(O)cc1.Oc1ccc(-c2ccc(O)cc2)cc1.Oc1ccc(Oc2ccc(O)cc2)cc1.Oc1ccc2cc(O)ccc2c1. The summed E-state index contributed by atoms with van der Waals surface area (Å²) in [7, 11) is 0. The Bertz CT molecular complexity index is 2310. The van der Waals surface area contributed by atoms with Crippen molar-refractivity contribution in [3.63, 3.8) is 0 Å². The Morgan fingerprint density at radius 1 is 0.298 bits per heavy atom. The molecule has 0 heterocycles. The summed E-state index contributed by atoms with van der Waals surface area (Å²) in [6, 6.07) is 48.9. The van der Waals surface area contributed by atoms with Gasteiger partial charge in [0.05, 0.1) is 0 Å². The van der Waals surface area contributed by atoms with Crippen LogP contribution in [-0.4, -0.2) is 46.6 Å². The molecule has 0 aliphatic heterocycles. The Morgan fingerprint density at radius 3 is 0.842 bits per heavy atom. The van der Waals surface area contributed by atoms with E-state index >= 15 is 0 Å². The summed E-state index contributed by atoms with van der Waals surface area (Å²) >= 11 is 0. The highest BCUT2D eigenvalue weighted by Gasteiger charge is 2.08. The van der Waals surface area contributed by atoms with E-state index in [-0.39, 0.29) is 51.8 Å². The number of hydrogen-bond donors (Lipinski definition) is 8. The summed E-state index contributed by atoms with van der Waals surface area (Å²) in [5.74, 6) is 2.80. The molecule has 286 valence electrons. The Morgan fingerprint density at radius 2 is 0.544 bits per heavy atom. The van der Waals surface area contributed by atoms with Crippen molar-refractivity contribution in [2.24, 2.45) is 0 Å². The van der Waals surface area contributed by atoms with Gasteiger partial charge in [-0.3, -0.25) is 4.79 Å². The number of benzene rings is 8. The summed E-state index contributed by atoms with van der Waals surface area (Å²) < 4.78 is 5.47. The molecule has 0 aliphatic rings. The molecule has 0 spiro atoms. The molecular weight excluding hydrogens is 725 g/mol. The third-order valence-corrected chi connectivity index (χ3v) is 8.04. The molecule has 8 aromatic carbocycles. The minimum Gasteiger partial charge on any atom is -0.508 e. The summed E-state index contributed by atoms with van der Waals surface area (Å²) in [5.41, 5.74) is 3.04. The maximum absolute atomic E-state index is 11.9. The van der Waals surface area contributed by atoms with Crippen molar-refractivity contribution in [3.8, 4) is 68.6 Å². The smallest absolute Gasteiger partial charge is 0.193 e. The fourth-order valence-electron chi connectivity index (χ4n) is 5.09. The van der Waals surface area contributed by atoms with Gasteiger partial charge in [0.25, 0.3) is 0 Å². The molecule has 10 nitrogen and oxygen atoms in total. The van der Waals surface area contributed by atoms with E-state index in [9.17, 15) is 4.79 Å². The van der Waals surface area contributed by atoms with Crippen LogP contribution in [0.3, 0.4) is 0 Å². The Hall–Kier alpha value is -8.11. The molecule has 0 amide bonds. The van der Waals surface area contributed by atoms with Crippen LogP contribution in [0.2, 0.25) is 0 Å². The van der Waals surface area contributed by atoms with Crippen LogP contribution >= 0.6 is 0 Å². The van der Waals surface area contributed by atoms with Gasteiger partial charge in [0.1, 0.15) is 57.5 Å². The molecule has 0 saturated heterocycles. The van der Waals surface area contributed by atoms with Crippen LogP contribution in [0.25, 0.3) is 21.9 Å². The van der Waals surface area contributed by atoms with Gasteiger partial charge in [-0.25, -0.2) is 0 Å². The zero-order valence-corrected chi connectivity index (χ0v) is 30.2. The lowest BCUT2D eigenvalue weighted by molar-refractivity contribution is 0.103. The standard InChI is InChI=1S/C13H10O3.C12H10O3.C12H10O2.C10H8O2/c14-11-5-1-9(2-6-11)13(16)10-3-7-12(15)8-4-10;13-9-1-5-11(6-2-9)15-12-7-3-10(14)4-8-12;13-11-5-1-9(2-6-11)10-3-7-12(14)8-4-10;11-9-3-1-7-5-10(12)4-2-8(7)6-9/h1-8,14-15H;1-8,13-14H;1-8,13-14H;1-6,11-12H. The summed E-state index contributed by atoms with van der Waals surface area (Å²) in [6.45, 7) is 0. The van der Waals surface area contributed by atoms with Gasteiger partial charge >= 0.3 is 0 Å². The molecular formula is C47H38O10. The van der Waals surface area contributed by atoms with Gasteiger partial charge in [-0.2, -0.15) is 0 Å². The molecule has 57 heavy (non-hydrogen) atoms. The molecule has 0 saturated carbocycles. The average molecular weight is 763 g/mol. The largest absolute Gasteiger partial charge is 0.508 e. The average Bonchev–Trinajstić information content (AvgIpc) is 3.21. The molecule has 0 radical (unpaired) electrons. The van der Waals surface area contributed by atoms with Gasteiger partial charge in [0.2, 0.25) is 0 Å². The minimum absolute atomic E-state index is 0.127. The van der Waals surface area contributed by atoms with Crippen LogP contribution in [0.5, 0.6) is 57.5 Å². The molecule has 0 aromatic heterocycles. The van der Waals surface area contributed by atoms with Crippen molar-refractivity contribution < 1.29 is 50.4 Å². The zero-order chi connectivity index (χ0) is 40.7. The van der Waals surface area contributed by atoms with Crippen LogP contribution in [0.1, 0.15) is 15.9 Å². The summed E-state index contributed by atoms with van der Waals surface area (Å²) in [4.78, 5) is 11.9. The highest BCUT2D eigenvalue weighted by molar-refractivity contribution is 6.09. The van der Waals surface area contributed by atoms with Crippen molar-refractivity contribution in [3.05, 3.63) is 193 Å². The third kappa shape index (κ3) is 12.5. The summed E-state index contributed by atoms with van der Waals surface area (Å²) in [6.07, 6.45) is 0. The van der Waals surface area contributed by atoms with E-state index < -0.39 is 0 Å². The minimum atomic E-state index is -0.139. The number of carbonyl (C=O) groups is 1. The second-order valence-corrected chi connectivity index (χ2v) is 12.3. The van der Waals surface area contributed by atoms with E-state index in [1.165, 1.54) is 24.3 Å². The maximum Gasteiger partial charge on any atom is 0.193 e. The number of aromatic hydroxyl groups is 8. The lowest BCUT2D eigenvalue weighted by Gasteiger charge is -2.05. The van der Waals surface area contributed by atoms with E-state index in [2.05, 4.69) is 0 Å². The molecule has 0 aliphatic carbocycles. The second kappa shape index (κ2) is 19.3. The van der Waals surface area contributed by atoms with Crippen LogP contribution in [0, 0.1) is 0 Å². The first-order valence-electron chi connectivity index (χ1n) is 17.3. The normalized spacial score (nSPS) is 10.0. The monoisotopic (exact) mass is 762 g/mol. The molecule has 8 rings (SSSR count). The van der Waals surface area contributed by atoms with E-state index in [4.69, 9.17) is 45.6 Å².